The van der Waals surface area contributed by atoms with Crippen LogP contribution in [-0.4, -0.2) is 150 Å². The Morgan fingerprint density at radius 1 is 0.485 bits per heavy atom. The minimum atomic E-state index is -3.92. The normalized spacial score (nSPS) is 16.2. The van der Waals surface area contributed by atoms with Crippen LogP contribution >= 0.6 is 0 Å². The van der Waals surface area contributed by atoms with Crippen LogP contribution in [0.5, 0.6) is 0 Å². The van der Waals surface area contributed by atoms with Gasteiger partial charge >= 0.3 is 5.96 Å². The van der Waals surface area contributed by atoms with Gasteiger partial charge in [0.1, 0.15) is 0 Å². The van der Waals surface area contributed by atoms with Gasteiger partial charge in [-0.05, 0) is 25.7 Å². The summed E-state index contributed by atoms with van der Waals surface area (Å²) in [4.78, 5) is 15.2. The molecule has 4 aliphatic heterocycles. The fourth-order valence-corrected chi connectivity index (χ4v) is 9.98. The minimum absolute atomic E-state index is 0.604. The predicted octanol–water partition coefficient (Wildman–Crippen LogP) is 12.4. The first-order valence-corrected chi connectivity index (χ1v) is 32.2. The second-order valence-corrected chi connectivity index (χ2v) is 23.6. The minimum Gasteiger partial charge on any atom is -0.748 e. The molecule has 0 N–H and O–H groups in total. The van der Waals surface area contributed by atoms with E-state index in [9.17, 15) is 8.42 Å². The van der Waals surface area contributed by atoms with Gasteiger partial charge in [-0.1, -0.05) is 206 Å². The summed E-state index contributed by atoms with van der Waals surface area (Å²) in [5, 5.41) is 0. The number of guanidine groups is 2. The monoisotopic (exact) mass is 1000 g/mol. The van der Waals surface area contributed by atoms with E-state index in [1.54, 1.807) is 0 Å². The Morgan fingerprint density at radius 3 is 1.18 bits per heavy atom. The van der Waals surface area contributed by atoms with Crippen LogP contribution in [0.4, 0.5) is 0 Å². The van der Waals surface area contributed by atoms with Gasteiger partial charge in [-0.15, -0.1) is 0 Å². The van der Waals surface area contributed by atoms with Crippen molar-refractivity contribution in [3.63, 3.8) is 0 Å². The fourth-order valence-electron chi connectivity index (χ4n) is 9.98. The fraction of sp³-hybridized carbons (Fsp3) is 0.963. The standard InChI is InChI=1S/C26H52N3.C25H49N3.C2H6O3S.CH4O3S/c1-3-4-5-6-7-8-9-10-11-12-13-14-15-16-17-18-22-28-24-20-25-29-23-19-21-27(2)26(28)29;1-2-3-4-5-6-7-8-9-10-11-12-13-14-15-16-17-21-27-23-19-24-28-22-18-20-26-25(27)28;1-5-6(2,3)4;1-5(2,3)4/h3-25H2,1-2H3;2-24H2,1H3;1-2H3;1H3,(H,2,3,4)/q+1;;;/p-1. The van der Waals surface area contributed by atoms with Crippen LogP contribution in [0.3, 0.4) is 0 Å². The summed E-state index contributed by atoms with van der Waals surface area (Å²) in [7, 11) is -3.67. The lowest BCUT2D eigenvalue weighted by atomic mass is 10.0. The zero-order valence-electron chi connectivity index (χ0n) is 45.5. The summed E-state index contributed by atoms with van der Waals surface area (Å²) in [6.45, 7) is 16.9. The molecular weight excluding hydrogens is 893 g/mol. The average molecular weight is 1000 g/mol. The number of aliphatic imine (C=N–C) groups is 1. The number of hydrogen-bond donors (Lipinski definition) is 0. The lowest BCUT2D eigenvalue weighted by molar-refractivity contribution is -0.515. The molecule has 4 rings (SSSR count). The summed E-state index contributed by atoms with van der Waals surface area (Å²) in [6.07, 6.45) is 53.2. The van der Waals surface area contributed by atoms with Crippen molar-refractivity contribution in [2.75, 3.05) is 92.1 Å². The Balaban J connectivity index is 0.000000557. The lowest BCUT2D eigenvalue weighted by Gasteiger charge is -2.41. The van der Waals surface area contributed by atoms with Gasteiger partial charge in [0.25, 0.3) is 10.1 Å². The van der Waals surface area contributed by atoms with Gasteiger partial charge in [-0.25, -0.2) is 8.42 Å². The molecular formula is C54H110N6O6S2. The average Bonchev–Trinajstić information content (AvgIpc) is 3.31. The van der Waals surface area contributed by atoms with Gasteiger partial charge in [0, 0.05) is 51.8 Å². The van der Waals surface area contributed by atoms with Crippen molar-refractivity contribution < 1.29 is 30.1 Å². The molecule has 0 aliphatic carbocycles. The molecule has 0 unspecified atom stereocenters. The SMILES string of the molecule is CCCCCCCCCCCCCCCCCCN1CCCN2CCCN=C12.CCCCCCCCCCCCCCCCCCN1CCCN2CCC[N+](C)=C12.COS(C)(=O)=O.CS(=O)(=O)[O-]. The van der Waals surface area contributed by atoms with Crippen LogP contribution in [0.25, 0.3) is 0 Å². The number of nitrogens with zero attached hydrogens (tertiary/aromatic N) is 6. The molecule has 0 radical (unpaired) electrons. The van der Waals surface area contributed by atoms with E-state index in [2.05, 4.69) is 49.3 Å². The van der Waals surface area contributed by atoms with Crippen molar-refractivity contribution in [2.24, 2.45) is 4.99 Å². The van der Waals surface area contributed by atoms with E-state index in [-0.39, 0.29) is 0 Å². The maximum Gasteiger partial charge on any atom is 0.350 e. The molecule has 4 heterocycles. The van der Waals surface area contributed by atoms with Crippen molar-refractivity contribution in [3.05, 3.63) is 0 Å². The summed E-state index contributed by atoms with van der Waals surface area (Å²) in [6, 6.07) is 0. The molecule has 0 aromatic rings. The summed E-state index contributed by atoms with van der Waals surface area (Å²) < 4.78 is 53.2. The molecule has 2 saturated heterocycles. The van der Waals surface area contributed by atoms with Crippen LogP contribution in [0.15, 0.2) is 4.99 Å². The van der Waals surface area contributed by atoms with Gasteiger partial charge in [-0.2, -0.15) is 8.42 Å². The Labute approximate surface area is 422 Å². The van der Waals surface area contributed by atoms with E-state index in [0.717, 1.165) is 19.9 Å². The summed E-state index contributed by atoms with van der Waals surface area (Å²) in [5.41, 5.74) is 0. The number of unbranched alkanes of at least 4 members (excludes halogenated alkanes) is 30. The van der Waals surface area contributed by atoms with Crippen LogP contribution in [0.2, 0.25) is 0 Å². The molecule has 0 amide bonds. The molecule has 0 atom stereocenters. The van der Waals surface area contributed by atoms with Crippen LogP contribution in [-0.2, 0) is 24.4 Å². The topological polar surface area (TPSA) is 129 Å². The first kappa shape index (κ1) is 64.4. The maximum absolute atomic E-state index is 9.78. The predicted molar refractivity (Wildman–Crippen MR) is 290 cm³/mol. The molecule has 12 nitrogen and oxygen atoms in total. The van der Waals surface area contributed by atoms with Gasteiger partial charge in [-0.3, -0.25) is 23.6 Å². The Bertz CT molecular complexity index is 1460. The van der Waals surface area contributed by atoms with Crippen LogP contribution < -0.4 is 0 Å². The smallest absolute Gasteiger partial charge is 0.350 e. The van der Waals surface area contributed by atoms with E-state index in [1.807, 2.05) is 0 Å². The van der Waals surface area contributed by atoms with Crippen molar-refractivity contribution in [1.82, 2.24) is 19.6 Å². The van der Waals surface area contributed by atoms with Crippen LogP contribution in [0.1, 0.15) is 245 Å². The molecule has 4 aliphatic rings. The van der Waals surface area contributed by atoms with Crippen molar-refractivity contribution in [1.29, 1.82) is 0 Å². The zero-order chi connectivity index (χ0) is 50.0. The van der Waals surface area contributed by atoms with Gasteiger partial charge in [0.05, 0.1) is 63.3 Å². The first-order valence-electron chi connectivity index (χ1n) is 28.6. The van der Waals surface area contributed by atoms with Crippen molar-refractivity contribution >= 4 is 32.2 Å². The van der Waals surface area contributed by atoms with E-state index in [1.165, 1.54) is 302 Å². The zero-order valence-corrected chi connectivity index (χ0v) is 47.1. The molecule has 0 aromatic carbocycles. The van der Waals surface area contributed by atoms with E-state index in [4.69, 9.17) is 18.0 Å². The highest BCUT2D eigenvalue weighted by Gasteiger charge is 2.34. The highest BCUT2D eigenvalue weighted by Crippen LogP contribution is 2.19. The van der Waals surface area contributed by atoms with Crippen molar-refractivity contribution in [3.8, 4) is 0 Å². The largest absolute Gasteiger partial charge is 0.748 e. The molecule has 404 valence electrons. The Morgan fingerprint density at radius 2 is 0.794 bits per heavy atom. The maximum atomic E-state index is 9.78. The quantitative estimate of drug-likeness (QED) is 0.0262. The number of hydrogen-bond acceptors (Lipinski definition) is 11. The highest BCUT2D eigenvalue weighted by atomic mass is 32.2. The highest BCUT2D eigenvalue weighted by molar-refractivity contribution is 7.86. The van der Waals surface area contributed by atoms with E-state index >= 15 is 0 Å². The molecule has 0 saturated carbocycles. The van der Waals surface area contributed by atoms with E-state index < -0.39 is 20.2 Å². The Hall–Kier alpha value is -1.64. The summed E-state index contributed by atoms with van der Waals surface area (Å²) in [5.74, 6) is 2.85. The Kier molecular flexibility index (Phi) is 40.7. The van der Waals surface area contributed by atoms with Gasteiger partial charge in [0.2, 0.25) is 0 Å². The molecule has 0 aromatic heterocycles. The third-order valence-electron chi connectivity index (χ3n) is 13.8. The van der Waals surface area contributed by atoms with E-state index in [0.29, 0.717) is 6.26 Å². The second-order valence-electron chi connectivity index (χ2n) is 20.4. The molecule has 68 heavy (non-hydrogen) atoms. The number of fused-ring (bicyclic) bond motifs is 2. The first-order chi connectivity index (χ1) is 32.8. The molecule has 14 heteroatoms. The number of rotatable bonds is 35. The second kappa shape index (κ2) is 43.0. The molecule has 0 spiro atoms. The molecule has 2 fully saturated rings. The summed E-state index contributed by atoms with van der Waals surface area (Å²) >= 11 is 0. The third-order valence-corrected chi connectivity index (χ3v) is 14.4. The third kappa shape index (κ3) is 38.1. The molecule has 0 bridgehead atoms. The van der Waals surface area contributed by atoms with Gasteiger partial charge in [0.15, 0.2) is 5.96 Å². The lowest BCUT2D eigenvalue weighted by Crippen LogP contribution is -2.57. The van der Waals surface area contributed by atoms with Gasteiger partial charge < -0.3 is 14.4 Å². The van der Waals surface area contributed by atoms with Crippen molar-refractivity contribution in [2.45, 2.75) is 245 Å². The van der Waals surface area contributed by atoms with Crippen LogP contribution in [0, 0.1) is 0 Å².